The number of hydrogen-bond donors (Lipinski definition) is 1. The van der Waals surface area contributed by atoms with Crippen LogP contribution >= 0.6 is 0 Å². The van der Waals surface area contributed by atoms with E-state index in [1.54, 1.807) is 6.92 Å². The molecule has 2 amide bonds. The first kappa shape index (κ1) is 16.3. The van der Waals surface area contributed by atoms with Gasteiger partial charge in [-0.3, -0.25) is 14.4 Å². The summed E-state index contributed by atoms with van der Waals surface area (Å²) in [6.45, 7) is 8.61. The average Bonchev–Trinajstić information content (AvgIpc) is 2.76. The molecule has 0 bridgehead atoms. The Morgan fingerprint density at radius 3 is 2.59 bits per heavy atom. The molecule has 1 atom stereocenters. The van der Waals surface area contributed by atoms with Gasteiger partial charge in [0.15, 0.2) is 11.2 Å². The van der Waals surface area contributed by atoms with Gasteiger partial charge in [-0.25, -0.2) is 0 Å². The second-order valence-electron chi connectivity index (χ2n) is 6.72. The summed E-state index contributed by atoms with van der Waals surface area (Å²) in [6, 6.07) is 2.50. The molecule has 0 spiro atoms. The van der Waals surface area contributed by atoms with Crippen molar-refractivity contribution in [2.24, 2.45) is 5.92 Å². The van der Waals surface area contributed by atoms with Gasteiger partial charge in [0.1, 0.15) is 5.76 Å². The number of aryl methyl sites for hydroxylation is 1. The van der Waals surface area contributed by atoms with Crippen molar-refractivity contribution in [3.63, 3.8) is 0 Å². The normalized spacial score (nSPS) is 18.6. The van der Waals surface area contributed by atoms with Crippen LogP contribution in [0.15, 0.2) is 21.3 Å². The molecular formula is C16H22N2O4. The molecule has 6 nitrogen and oxygen atoms in total. The van der Waals surface area contributed by atoms with Crippen LogP contribution < -0.4 is 10.7 Å². The highest BCUT2D eigenvalue weighted by Gasteiger charge is 2.36. The van der Waals surface area contributed by atoms with Crippen LogP contribution in [0.1, 0.15) is 43.5 Å². The SMILES string of the molecule is Cc1cc(=O)cc(C(=O)NC[C@@H]2CC(=O)N(C(C)(C)C)C2)o1. The molecule has 6 heteroatoms. The largest absolute Gasteiger partial charge is 0.456 e. The molecule has 1 aromatic rings. The predicted molar refractivity (Wildman–Crippen MR) is 81.6 cm³/mol. The maximum Gasteiger partial charge on any atom is 0.287 e. The van der Waals surface area contributed by atoms with Crippen molar-refractivity contribution in [1.29, 1.82) is 0 Å². The third-order valence-electron chi connectivity index (χ3n) is 3.68. The zero-order valence-electron chi connectivity index (χ0n) is 13.4. The van der Waals surface area contributed by atoms with Crippen LogP contribution in [0.4, 0.5) is 0 Å². The lowest BCUT2D eigenvalue weighted by molar-refractivity contribution is -0.131. The van der Waals surface area contributed by atoms with E-state index in [1.807, 2.05) is 25.7 Å². The Labute approximate surface area is 129 Å². The fourth-order valence-corrected chi connectivity index (χ4v) is 2.61. The van der Waals surface area contributed by atoms with Gasteiger partial charge in [-0.1, -0.05) is 0 Å². The van der Waals surface area contributed by atoms with Crippen LogP contribution in [0.2, 0.25) is 0 Å². The molecule has 1 N–H and O–H groups in total. The summed E-state index contributed by atoms with van der Waals surface area (Å²) in [4.78, 5) is 37.2. The van der Waals surface area contributed by atoms with E-state index in [2.05, 4.69) is 5.32 Å². The van der Waals surface area contributed by atoms with E-state index in [4.69, 9.17) is 4.42 Å². The molecule has 2 rings (SSSR count). The summed E-state index contributed by atoms with van der Waals surface area (Å²) in [5.41, 5.74) is -0.469. The summed E-state index contributed by atoms with van der Waals surface area (Å²) in [7, 11) is 0. The van der Waals surface area contributed by atoms with Crippen LogP contribution in [-0.4, -0.2) is 35.3 Å². The Balaban J connectivity index is 1.95. The van der Waals surface area contributed by atoms with E-state index in [0.717, 1.165) is 0 Å². The molecular weight excluding hydrogens is 284 g/mol. The van der Waals surface area contributed by atoms with Crippen LogP contribution in [0, 0.1) is 12.8 Å². The Kier molecular flexibility index (Phi) is 4.39. The molecule has 1 fully saturated rings. The van der Waals surface area contributed by atoms with Gasteiger partial charge in [0.2, 0.25) is 5.91 Å². The Morgan fingerprint density at radius 2 is 2.05 bits per heavy atom. The second kappa shape index (κ2) is 5.94. The van der Waals surface area contributed by atoms with Gasteiger partial charge in [0.25, 0.3) is 5.91 Å². The zero-order chi connectivity index (χ0) is 16.5. The van der Waals surface area contributed by atoms with Crippen molar-refractivity contribution in [2.45, 2.75) is 39.7 Å². The van der Waals surface area contributed by atoms with Crippen molar-refractivity contribution in [3.8, 4) is 0 Å². The highest BCUT2D eigenvalue weighted by molar-refractivity contribution is 5.91. The maximum atomic E-state index is 12.0. The molecule has 1 aliphatic heterocycles. The summed E-state index contributed by atoms with van der Waals surface area (Å²) in [5.74, 6) is 0.151. The van der Waals surface area contributed by atoms with Gasteiger partial charge in [0.05, 0.1) is 0 Å². The molecule has 1 aliphatic rings. The standard InChI is InChI=1S/C16H22N2O4/c1-10-5-12(19)7-13(22-10)15(21)17-8-11-6-14(20)18(9-11)16(2,3)4/h5,7,11H,6,8-9H2,1-4H3,(H,17,21)/t11-/m0/s1. The number of rotatable bonds is 3. The summed E-state index contributed by atoms with van der Waals surface area (Å²) in [5, 5.41) is 2.74. The van der Waals surface area contributed by atoms with Gasteiger partial charge in [-0.15, -0.1) is 0 Å². The summed E-state index contributed by atoms with van der Waals surface area (Å²) >= 11 is 0. The second-order valence-corrected chi connectivity index (χ2v) is 6.72. The lowest BCUT2D eigenvalue weighted by atomic mass is 10.1. The van der Waals surface area contributed by atoms with Gasteiger partial charge in [-0.05, 0) is 27.7 Å². The number of carbonyl (C=O) groups is 2. The van der Waals surface area contributed by atoms with Crippen LogP contribution in [0.5, 0.6) is 0 Å². The molecule has 0 radical (unpaired) electrons. The summed E-state index contributed by atoms with van der Waals surface area (Å²) < 4.78 is 5.24. The van der Waals surface area contributed by atoms with Crippen LogP contribution in [-0.2, 0) is 4.79 Å². The highest BCUT2D eigenvalue weighted by atomic mass is 16.3. The maximum absolute atomic E-state index is 12.0. The molecule has 1 aromatic heterocycles. The van der Waals surface area contributed by atoms with E-state index in [1.165, 1.54) is 12.1 Å². The topological polar surface area (TPSA) is 79.6 Å². The number of hydrogen-bond acceptors (Lipinski definition) is 4. The van der Waals surface area contributed by atoms with Crippen molar-refractivity contribution >= 4 is 11.8 Å². The van der Waals surface area contributed by atoms with Crippen molar-refractivity contribution in [2.75, 3.05) is 13.1 Å². The quantitative estimate of drug-likeness (QED) is 0.913. The minimum absolute atomic E-state index is 0.00185. The van der Waals surface area contributed by atoms with Crippen molar-refractivity contribution in [1.82, 2.24) is 10.2 Å². The fraction of sp³-hybridized carbons (Fsp3) is 0.562. The molecule has 0 saturated carbocycles. The van der Waals surface area contributed by atoms with E-state index < -0.39 is 5.91 Å². The minimum atomic E-state index is -0.428. The van der Waals surface area contributed by atoms with E-state index in [9.17, 15) is 14.4 Å². The molecule has 120 valence electrons. The molecule has 0 unspecified atom stereocenters. The Bertz CT molecular complexity index is 642. The number of carbonyl (C=O) groups excluding carboxylic acids is 2. The first-order valence-electron chi connectivity index (χ1n) is 7.37. The lowest BCUT2D eigenvalue weighted by Gasteiger charge is -2.32. The first-order valence-corrected chi connectivity index (χ1v) is 7.37. The molecule has 0 aliphatic carbocycles. The number of nitrogens with zero attached hydrogens (tertiary/aromatic N) is 1. The van der Waals surface area contributed by atoms with Gasteiger partial charge in [-0.2, -0.15) is 0 Å². The van der Waals surface area contributed by atoms with E-state index >= 15 is 0 Å². The van der Waals surface area contributed by atoms with Crippen molar-refractivity contribution in [3.05, 3.63) is 33.9 Å². The van der Waals surface area contributed by atoms with E-state index in [-0.39, 0.29) is 28.6 Å². The molecule has 2 heterocycles. The predicted octanol–water partition coefficient (Wildman–Crippen LogP) is 1.33. The minimum Gasteiger partial charge on any atom is -0.456 e. The van der Waals surface area contributed by atoms with Crippen LogP contribution in [0.3, 0.4) is 0 Å². The van der Waals surface area contributed by atoms with Crippen LogP contribution in [0.25, 0.3) is 0 Å². The summed E-state index contributed by atoms with van der Waals surface area (Å²) in [6.07, 6.45) is 0.426. The number of likely N-dealkylation sites (tertiary alicyclic amines) is 1. The number of nitrogens with one attached hydrogen (secondary N) is 1. The lowest BCUT2D eigenvalue weighted by Crippen LogP contribution is -2.42. The van der Waals surface area contributed by atoms with Crippen molar-refractivity contribution < 1.29 is 14.0 Å². The average molecular weight is 306 g/mol. The Morgan fingerprint density at radius 1 is 1.36 bits per heavy atom. The molecule has 0 aromatic carbocycles. The fourth-order valence-electron chi connectivity index (χ4n) is 2.61. The van der Waals surface area contributed by atoms with Gasteiger partial charge in [0, 0.05) is 43.1 Å². The third kappa shape index (κ3) is 3.75. The molecule has 1 saturated heterocycles. The monoisotopic (exact) mass is 306 g/mol. The first-order chi connectivity index (χ1) is 10.2. The highest BCUT2D eigenvalue weighted by Crippen LogP contribution is 2.25. The van der Waals surface area contributed by atoms with E-state index in [0.29, 0.717) is 25.3 Å². The van der Waals surface area contributed by atoms with Gasteiger partial charge < -0.3 is 14.6 Å². The third-order valence-corrected chi connectivity index (χ3v) is 3.68. The molecule has 22 heavy (non-hydrogen) atoms. The smallest absolute Gasteiger partial charge is 0.287 e. The number of amides is 2. The zero-order valence-corrected chi connectivity index (χ0v) is 13.4. The Hall–Kier alpha value is -2.11. The van der Waals surface area contributed by atoms with Gasteiger partial charge >= 0.3 is 0 Å².